The van der Waals surface area contributed by atoms with E-state index in [4.69, 9.17) is 4.74 Å². The van der Waals surface area contributed by atoms with E-state index in [-0.39, 0.29) is 24.2 Å². The molecule has 0 radical (unpaired) electrons. The smallest absolute Gasteiger partial charge is 0.269 e. The van der Waals surface area contributed by atoms with Crippen LogP contribution in [0.1, 0.15) is 23.5 Å². The van der Waals surface area contributed by atoms with Crippen LogP contribution in [-0.4, -0.2) is 34.4 Å². The van der Waals surface area contributed by atoms with Crippen molar-refractivity contribution in [1.82, 2.24) is 9.88 Å². The molecule has 154 valence electrons. The maximum absolute atomic E-state index is 12.8. The molecule has 7 nitrogen and oxygen atoms in total. The molecule has 1 atom stereocenters. The van der Waals surface area contributed by atoms with E-state index >= 15 is 0 Å². The SMILES string of the molecule is Cc1nc2c(cc(OCC(=O)N(C)C(C)c3cccc([N+](=O)[O-])c3)c3ccsc32)s1. The van der Waals surface area contributed by atoms with Crippen LogP contribution in [-0.2, 0) is 4.79 Å². The van der Waals surface area contributed by atoms with Crippen molar-refractivity contribution in [2.75, 3.05) is 13.7 Å². The molecule has 2 aromatic heterocycles. The second-order valence-corrected chi connectivity index (χ2v) is 9.09. The monoisotopic (exact) mass is 441 g/mol. The third-order valence-electron chi connectivity index (χ3n) is 5.06. The van der Waals surface area contributed by atoms with E-state index in [1.165, 1.54) is 12.1 Å². The highest BCUT2D eigenvalue weighted by atomic mass is 32.1. The number of hydrogen-bond donors (Lipinski definition) is 0. The maximum Gasteiger partial charge on any atom is 0.269 e. The van der Waals surface area contributed by atoms with Crippen LogP contribution in [0.2, 0.25) is 0 Å². The number of benzene rings is 2. The molecule has 0 spiro atoms. The first-order chi connectivity index (χ1) is 14.3. The molecule has 0 aliphatic heterocycles. The van der Waals surface area contributed by atoms with Crippen molar-refractivity contribution in [1.29, 1.82) is 0 Å². The van der Waals surface area contributed by atoms with Gasteiger partial charge >= 0.3 is 0 Å². The van der Waals surface area contributed by atoms with Crippen LogP contribution in [0, 0.1) is 17.0 Å². The number of thiazole rings is 1. The predicted octanol–water partition coefficient (Wildman–Crippen LogP) is 5.33. The molecule has 0 aliphatic rings. The van der Waals surface area contributed by atoms with Gasteiger partial charge in [-0.05, 0) is 30.9 Å². The zero-order chi connectivity index (χ0) is 21.4. The van der Waals surface area contributed by atoms with Crippen molar-refractivity contribution in [2.45, 2.75) is 19.9 Å². The highest BCUT2D eigenvalue weighted by molar-refractivity contribution is 7.21. The number of aryl methyl sites for hydroxylation is 1. The minimum Gasteiger partial charge on any atom is -0.483 e. The summed E-state index contributed by atoms with van der Waals surface area (Å²) in [6.07, 6.45) is 0. The largest absolute Gasteiger partial charge is 0.483 e. The number of nitro groups is 1. The fourth-order valence-corrected chi connectivity index (χ4v) is 5.12. The lowest BCUT2D eigenvalue weighted by atomic mass is 10.1. The van der Waals surface area contributed by atoms with Crippen molar-refractivity contribution in [3.05, 3.63) is 62.5 Å². The minimum absolute atomic E-state index is 0.00412. The van der Waals surface area contributed by atoms with Crippen LogP contribution in [0.15, 0.2) is 41.8 Å². The molecule has 0 saturated heterocycles. The molecule has 30 heavy (non-hydrogen) atoms. The molecule has 2 heterocycles. The highest BCUT2D eigenvalue weighted by Crippen LogP contribution is 2.38. The van der Waals surface area contributed by atoms with Gasteiger partial charge in [0.15, 0.2) is 6.61 Å². The van der Waals surface area contributed by atoms with Gasteiger partial charge in [0.05, 0.1) is 30.9 Å². The molecule has 0 N–H and O–H groups in total. The summed E-state index contributed by atoms with van der Waals surface area (Å²) < 4.78 is 8.00. The van der Waals surface area contributed by atoms with E-state index in [9.17, 15) is 14.9 Å². The number of hydrogen-bond acceptors (Lipinski definition) is 7. The van der Waals surface area contributed by atoms with Crippen LogP contribution >= 0.6 is 22.7 Å². The number of fused-ring (bicyclic) bond motifs is 3. The summed E-state index contributed by atoms with van der Waals surface area (Å²) in [5, 5.41) is 14.9. The lowest BCUT2D eigenvalue weighted by molar-refractivity contribution is -0.384. The number of carbonyl (C=O) groups excluding carboxylic acids is 1. The van der Waals surface area contributed by atoms with Gasteiger partial charge in [0, 0.05) is 30.6 Å². The first kappa shape index (κ1) is 20.2. The van der Waals surface area contributed by atoms with Crippen molar-refractivity contribution in [3.63, 3.8) is 0 Å². The van der Waals surface area contributed by atoms with Crippen LogP contribution in [0.4, 0.5) is 5.69 Å². The molecule has 4 aromatic rings. The second-order valence-electron chi connectivity index (χ2n) is 6.94. The van der Waals surface area contributed by atoms with Gasteiger partial charge < -0.3 is 9.64 Å². The van der Waals surface area contributed by atoms with E-state index in [0.717, 1.165) is 25.3 Å². The number of nitrogens with zero attached hydrogens (tertiary/aromatic N) is 3. The average Bonchev–Trinajstić information content (AvgIpc) is 3.36. The Bertz CT molecular complexity index is 1260. The Labute approximate surface area is 180 Å². The third kappa shape index (κ3) is 3.73. The molecular formula is C21H19N3O4S2. The molecule has 0 saturated carbocycles. The summed E-state index contributed by atoms with van der Waals surface area (Å²) in [6.45, 7) is 3.68. The summed E-state index contributed by atoms with van der Waals surface area (Å²) in [4.78, 5) is 29.5. The second kappa shape index (κ2) is 8.00. The van der Waals surface area contributed by atoms with E-state index in [0.29, 0.717) is 11.3 Å². The van der Waals surface area contributed by atoms with Gasteiger partial charge in [0.2, 0.25) is 0 Å². The number of carbonyl (C=O) groups is 1. The van der Waals surface area contributed by atoms with Gasteiger partial charge in [-0.2, -0.15) is 0 Å². The molecule has 9 heteroatoms. The summed E-state index contributed by atoms with van der Waals surface area (Å²) in [7, 11) is 1.67. The Balaban J connectivity index is 1.52. The number of ether oxygens (including phenoxy) is 1. The zero-order valence-electron chi connectivity index (χ0n) is 16.6. The summed E-state index contributed by atoms with van der Waals surface area (Å²) in [5.41, 5.74) is 1.67. The van der Waals surface area contributed by atoms with Gasteiger partial charge in [-0.1, -0.05) is 12.1 Å². The molecule has 1 unspecified atom stereocenters. The molecule has 2 aromatic carbocycles. The first-order valence-electron chi connectivity index (χ1n) is 9.25. The molecule has 1 amide bonds. The van der Waals surface area contributed by atoms with Crippen molar-refractivity contribution in [3.8, 4) is 5.75 Å². The first-order valence-corrected chi connectivity index (χ1v) is 10.9. The van der Waals surface area contributed by atoms with Gasteiger partial charge in [-0.3, -0.25) is 14.9 Å². The minimum atomic E-state index is -0.440. The number of nitro benzene ring substituents is 1. The lowest BCUT2D eigenvalue weighted by Crippen LogP contribution is -2.33. The van der Waals surface area contributed by atoms with Crippen LogP contribution < -0.4 is 4.74 Å². The van der Waals surface area contributed by atoms with Crippen LogP contribution in [0.25, 0.3) is 20.3 Å². The van der Waals surface area contributed by atoms with Crippen LogP contribution in [0.5, 0.6) is 5.75 Å². The maximum atomic E-state index is 12.8. The number of aromatic nitrogens is 1. The van der Waals surface area contributed by atoms with E-state index in [1.54, 1.807) is 46.8 Å². The van der Waals surface area contributed by atoms with Gasteiger partial charge in [0.25, 0.3) is 11.6 Å². The quantitative estimate of drug-likeness (QED) is 0.298. The fourth-order valence-electron chi connectivity index (χ4n) is 3.29. The normalized spacial score (nSPS) is 12.2. The van der Waals surface area contributed by atoms with Crippen molar-refractivity contribution in [2.24, 2.45) is 0 Å². The Morgan fingerprint density at radius 1 is 1.33 bits per heavy atom. The van der Waals surface area contributed by atoms with E-state index in [2.05, 4.69) is 4.98 Å². The van der Waals surface area contributed by atoms with Gasteiger partial charge in [-0.25, -0.2) is 4.98 Å². The topological polar surface area (TPSA) is 85.6 Å². The number of rotatable bonds is 6. The number of non-ortho nitro benzene ring substituents is 1. The summed E-state index contributed by atoms with van der Waals surface area (Å²) in [6, 6.07) is 9.91. The Morgan fingerprint density at radius 3 is 2.90 bits per heavy atom. The van der Waals surface area contributed by atoms with E-state index < -0.39 is 4.92 Å². The highest BCUT2D eigenvalue weighted by Gasteiger charge is 2.21. The lowest BCUT2D eigenvalue weighted by Gasteiger charge is -2.25. The Kier molecular flexibility index (Phi) is 5.40. The molecule has 0 fully saturated rings. The molecule has 0 bridgehead atoms. The molecule has 4 rings (SSSR count). The predicted molar refractivity (Wildman–Crippen MR) is 120 cm³/mol. The van der Waals surface area contributed by atoms with E-state index in [1.807, 2.05) is 31.4 Å². The van der Waals surface area contributed by atoms with Crippen molar-refractivity contribution < 1.29 is 14.5 Å². The molecule has 0 aliphatic carbocycles. The van der Waals surface area contributed by atoms with Crippen LogP contribution in [0.3, 0.4) is 0 Å². The standard InChI is InChI=1S/C21H19N3O4S2/c1-12(14-5-4-6-15(9-14)24(26)27)23(3)19(25)11-28-17-10-18-20(22-13(2)30-18)21-16(17)7-8-29-21/h4-10,12H,11H2,1-3H3. The van der Waals surface area contributed by atoms with Crippen molar-refractivity contribution >= 4 is 54.6 Å². The van der Waals surface area contributed by atoms with Gasteiger partial charge in [-0.15, -0.1) is 22.7 Å². The number of amides is 1. The number of likely N-dealkylation sites (N-methyl/N-ethyl adjacent to an activating group) is 1. The summed E-state index contributed by atoms with van der Waals surface area (Å²) >= 11 is 3.20. The molecular weight excluding hydrogens is 422 g/mol. The Hall–Kier alpha value is -3.04. The average molecular weight is 442 g/mol. The third-order valence-corrected chi connectivity index (χ3v) is 6.90. The summed E-state index contributed by atoms with van der Waals surface area (Å²) in [5.74, 6) is 0.449. The van der Waals surface area contributed by atoms with Gasteiger partial charge in [0.1, 0.15) is 5.75 Å². The number of thiophene rings is 1. The zero-order valence-corrected chi connectivity index (χ0v) is 18.3. The Morgan fingerprint density at radius 2 is 2.13 bits per heavy atom. The fraction of sp³-hybridized carbons (Fsp3) is 0.238.